The highest BCUT2D eigenvalue weighted by atomic mass is 19.4. The van der Waals surface area contributed by atoms with Gasteiger partial charge in [-0.15, -0.1) is 0 Å². The highest BCUT2D eigenvalue weighted by Crippen LogP contribution is 2.31. The maximum atomic E-state index is 12.9. The van der Waals surface area contributed by atoms with Crippen LogP contribution in [-0.2, 0) is 11.0 Å². The fourth-order valence-electron chi connectivity index (χ4n) is 3.77. The van der Waals surface area contributed by atoms with Crippen molar-refractivity contribution in [1.29, 1.82) is 0 Å². The highest BCUT2D eigenvalue weighted by Gasteiger charge is 2.30. The van der Waals surface area contributed by atoms with Crippen LogP contribution in [0.1, 0.15) is 54.9 Å². The van der Waals surface area contributed by atoms with Crippen molar-refractivity contribution in [3.8, 4) is 0 Å². The van der Waals surface area contributed by atoms with Gasteiger partial charge in [-0.25, -0.2) is 4.79 Å². The van der Waals surface area contributed by atoms with Gasteiger partial charge in [0.2, 0.25) is 5.91 Å². The first-order chi connectivity index (χ1) is 16.1. The number of anilines is 2. The Morgan fingerprint density at radius 2 is 1.74 bits per heavy atom. The van der Waals surface area contributed by atoms with E-state index in [1.165, 1.54) is 18.2 Å². The van der Waals surface area contributed by atoms with Gasteiger partial charge in [0.1, 0.15) is 0 Å². The van der Waals surface area contributed by atoms with Crippen molar-refractivity contribution < 1.29 is 27.6 Å². The number of hydrogen-bond acceptors (Lipinski definition) is 3. The Kier molecular flexibility index (Phi) is 8.14. The number of unbranched alkanes of at least 4 members (excludes halogenated alkanes) is 2. The first kappa shape index (κ1) is 25.1. The van der Waals surface area contributed by atoms with Gasteiger partial charge in [0.05, 0.1) is 22.9 Å². The number of hydrogen-bond donors (Lipinski definition) is 4. The number of rotatable bonds is 9. The molecule has 34 heavy (non-hydrogen) atoms. The van der Waals surface area contributed by atoms with Gasteiger partial charge in [-0.05, 0) is 50.1 Å². The molecule has 182 valence electrons. The molecule has 1 heterocycles. The van der Waals surface area contributed by atoms with Gasteiger partial charge in [-0.1, -0.05) is 31.0 Å². The van der Waals surface area contributed by atoms with E-state index in [2.05, 4.69) is 21.3 Å². The number of nitrogens with one attached hydrogen (secondary N) is 4. The first-order valence-electron chi connectivity index (χ1n) is 11.1. The second-order valence-corrected chi connectivity index (χ2v) is 8.24. The Bertz CT molecular complexity index is 1040. The third-order valence-corrected chi connectivity index (χ3v) is 5.59. The van der Waals surface area contributed by atoms with Crippen LogP contribution in [-0.4, -0.2) is 29.9 Å². The molecule has 2 aromatic rings. The van der Waals surface area contributed by atoms with E-state index in [-0.39, 0.29) is 47.4 Å². The van der Waals surface area contributed by atoms with Crippen molar-refractivity contribution in [3.05, 3.63) is 59.7 Å². The predicted octanol–water partition coefficient (Wildman–Crippen LogP) is 4.92. The molecule has 0 spiro atoms. The second kappa shape index (κ2) is 11.0. The van der Waals surface area contributed by atoms with Crippen LogP contribution in [0.2, 0.25) is 0 Å². The Morgan fingerprint density at radius 1 is 0.971 bits per heavy atom. The minimum absolute atomic E-state index is 0.00363. The first-order valence-corrected chi connectivity index (χ1v) is 11.1. The van der Waals surface area contributed by atoms with Crippen molar-refractivity contribution >= 4 is 29.2 Å². The molecule has 0 bridgehead atoms. The molecular weight excluding hydrogens is 449 g/mol. The maximum absolute atomic E-state index is 12.9. The molecule has 1 fully saturated rings. The van der Waals surface area contributed by atoms with E-state index in [0.717, 1.165) is 31.4 Å². The number of alkyl halides is 3. The number of urea groups is 1. The molecule has 10 heteroatoms. The van der Waals surface area contributed by atoms with Crippen LogP contribution in [0.4, 0.5) is 29.3 Å². The lowest BCUT2D eigenvalue weighted by atomic mass is 10.0. The van der Waals surface area contributed by atoms with Gasteiger partial charge in [0, 0.05) is 18.2 Å². The number of benzene rings is 2. The molecule has 1 aliphatic heterocycles. The highest BCUT2D eigenvalue weighted by molar-refractivity contribution is 6.10. The number of amides is 4. The Balaban J connectivity index is 1.50. The van der Waals surface area contributed by atoms with Crippen molar-refractivity contribution in [1.82, 2.24) is 10.6 Å². The van der Waals surface area contributed by atoms with Crippen molar-refractivity contribution in [2.75, 3.05) is 10.6 Å². The molecule has 7 nitrogen and oxygen atoms in total. The third-order valence-electron chi connectivity index (χ3n) is 5.59. The number of carbonyl (C=O) groups excluding carboxylic acids is 3. The van der Waals surface area contributed by atoms with Gasteiger partial charge >= 0.3 is 12.2 Å². The molecule has 0 unspecified atom stereocenters. The monoisotopic (exact) mass is 476 g/mol. The quantitative estimate of drug-likeness (QED) is 0.387. The van der Waals surface area contributed by atoms with Crippen LogP contribution in [0.25, 0.3) is 0 Å². The van der Waals surface area contributed by atoms with Crippen LogP contribution in [0, 0.1) is 0 Å². The van der Waals surface area contributed by atoms with Crippen LogP contribution in [0.5, 0.6) is 0 Å². The normalized spacial score (nSPS) is 17.6. The summed E-state index contributed by atoms with van der Waals surface area (Å²) >= 11 is 0. The lowest BCUT2D eigenvalue weighted by molar-refractivity contribution is -0.137. The van der Waals surface area contributed by atoms with E-state index in [4.69, 9.17) is 0 Å². The van der Waals surface area contributed by atoms with Gasteiger partial charge in [-0.2, -0.15) is 13.2 Å². The summed E-state index contributed by atoms with van der Waals surface area (Å²) in [5.41, 5.74) is -0.436. The maximum Gasteiger partial charge on any atom is 0.416 e. The molecule has 0 radical (unpaired) electrons. The van der Waals surface area contributed by atoms with E-state index in [0.29, 0.717) is 6.42 Å². The second-order valence-electron chi connectivity index (χ2n) is 8.24. The smallest absolute Gasteiger partial charge is 0.334 e. The zero-order valence-electron chi connectivity index (χ0n) is 18.7. The average molecular weight is 476 g/mol. The van der Waals surface area contributed by atoms with Crippen molar-refractivity contribution in [3.63, 3.8) is 0 Å². The summed E-state index contributed by atoms with van der Waals surface area (Å²) in [6, 6.07) is 10.7. The Morgan fingerprint density at radius 3 is 2.44 bits per heavy atom. The standard InChI is InChI=1S/C24H27F3N4O3/c1-15-19(31-23(34)28-15)11-3-2-4-13-21(32)30-20-12-6-5-10-18(20)22(33)29-17-9-7-8-16(14-17)24(25,26)27/h5-10,12,14-15,19H,2-4,11,13H2,1H3,(H,29,33)(H,30,32)(H2,28,31,34)/t15-,19-/m0/s1. The molecule has 1 aliphatic rings. The number of carbonyl (C=O) groups is 3. The van der Waals surface area contributed by atoms with E-state index >= 15 is 0 Å². The summed E-state index contributed by atoms with van der Waals surface area (Å²) in [5.74, 6) is -0.889. The molecule has 0 aliphatic carbocycles. The molecule has 0 aromatic heterocycles. The summed E-state index contributed by atoms with van der Waals surface area (Å²) in [4.78, 5) is 36.4. The van der Waals surface area contributed by atoms with Crippen molar-refractivity contribution in [2.45, 2.75) is 57.3 Å². The lowest BCUT2D eigenvalue weighted by Gasteiger charge is -2.14. The summed E-state index contributed by atoms with van der Waals surface area (Å²) in [7, 11) is 0. The Labute approximate surface area is 195 Å². The molecule has 2 atom stereocenters. The fraction of sp³-hybridized carbons (Fsp3) is 0.375. The minimum atomic E-state index is -4.52. The van der Waals surface area contributed by atoms with Crippen molar-refractivity contribution in [2.24, 2.45) is 0 Å². The number of halogens is 3. The van der Waals surface area contributed by atoms with E-state index in [9.17, 15) is 27.6 Å². The molecule has 4 amide bonds. The molecule has 1 saturated heterocycles. The zero-order valence-corrected chi connectivity index (χ0v) is 18.7. The summed E-state index contributed by atoms with van der Waals surface area (Å²) in [6.07, 6.45) is -1.13. The molecule has 4 N–H and O–H groups in total. The molecular formula is C24H27F3N4O3. The van der Waals surface area contributed by atoms with Crippen LogP contribution >= 0.6 is 0 Å². The average Bonchev–Trinajstić information content (AvgIpc) is 3.10. The SMILES string of the molecule is C[C@@H]1NC(=O)N[C@H]1CCCCCC(=O)Nc1ccccc1C(=O)Nc1cccc(C(F)(F)F)c1. The van der Waals surface area contributed by atoms with Crippen LogP contribution < -0.4 is 21.3 Å². The number of para-hydroxylation sites is 1. The van der Waals surface area contributed by atoms with Gasteiger partial charge < -0.3 is 21.3 Å². The van der Waals surface area contributed by atoms with Gasteiger partial charge in [0.25, 0.3) is 5.91 Å². The van der Waals surface area contributed by atoms with Crippen LogP contribution in [0.15, 0.2) is 48.5 Å². The zero-order chi connectivity index (χ0) is 24.7. The van der Waals surface area contributed by atoms with E-state index < -0.39 is 17.6 Å². The topological polar surface area (TPSA) is 99.3 Å². The van der Waals surface area contributed by atoms with E-state index in [1.807, 2.05) is 6.92 Å². The fourth-order valence-corrected chi connectivity index (χ4v) is 3.77. The summed E-state index contributed by atoms with van der Waals surface area (Å²) < 4.78 is 38.8. The Hall–Kier alpha value is -3.56. The lowest BCUT2D eigenvalue weighted by Crippen LogP contribution is -2.30. The predicted molar refractivity (Wildman–Crippen MR) is 122 cm³/mol. The minimum Gasteiger partial charge on any atom is -0.334 e. The van der Waals surface area contributed by atoms with Crippen LogP contribution in [0.3, 0.4) is 0 Å². The summed E-state index contributed by atoms with van der Waals surface area (Å²) in [5, 5.41) is 10.8. The third kappa shape index (κ3) is 6.97. The van der Waals surface area contributed by atoms with Gasteiger partial charge in [-0.3, -0.25) is 9.59 Å². The van der Waals surface area contributed by atoms with Gasteiger partial charge in [0.15, 0.2) is 0 Å². The summed E-state index contributed by atoms with van der Waals surface area (Å²) in [6.45, 7) is 1.94. The van der Waals surface area contributed by atoms with E-state index in [1.54, 1.807) is 18.2 Å². The largest absolute Gasteiger partial charge is 0.416 e. The molecule has 0 saturated carbocycles. The molecule has 3 rings (SSSR count). The molecule has 2 aromatic carbocycles.